The highest BCUT2D eigenvalue weighted by Crippen LogP contribution is 2.80. The number of rotatable bonds is 2. The first-order valence-electron chi connectivity index (χ1n) is 7.79. The van der Waals surface area contributed by atoms with Gasteiger partial charge in [-0.2, -0.15) is 0 Å². The lowest BCUT2D eigenvalue weighted by molar-refractivity contribution is -0.275. The Hall–Kier alpha value is 0.0649. The molecule has 0 radical (unpaired) electrons. The third-order valence-electron chi connectivity index (χ3n) is 7.30. The highest BCUT2D eigenvalue weighted by atomic mass is 14.8. The van der Waals surface area contributed by atoms with Gasteiger partial charge < -0.3 is 0 Å². The molecule has 0 aromatic carbocycles. The van der Waals surface area contributed by atoms with E-state index in [1.54, 1.807) is 12.8 Å². The molecule has 0 aromatic heterocycles. The second-order valence-electron chi connectivity index (χ2n) is 7.25. The first-order valence-corrected chi connectivity index (χ1v) is 7.79. The van der Waals surface area contributed by atoms with Crippen molar-refractivity contribution in [3.63, 3.8) is 0 Å². The van der Waals surface area contributed by atoms with Gasteiger partial charge in [0.25, 0.3) is 0 Å². The molecule has 88 valence electrons. The average molecular weight is 216 g/mol. The van der Waals surface area contributed by atoms with Gasteiger partial charge in [0.2, 0.25) is 0 Å². The Bertz CT molecular complexity index is 311. The molecule has 16 heavy (non-hydrogen) atoms. The van der Waals surface area contributed by atoms with E-state index in [1.165, 1.54) is 49.2 Å². The molecule has 0 nitrogen and oxygen atoms in total. The van der Waals surface area contributed by atoms with Gasteiger partial charge in [0, 0.05) is 0 Å². The molecule has 0 aromatic rings. The van der Waals surface area contributed by atoms with Gasteiger partial charge in [0.05, 0.1) is 0 Å². The van der Waals surface area contributed by atoms with E-state index in [0.717, 1.165) is 17.7 Å². The Morgan fingerprint density at radius 1 is 1.00 bits per heavy atom. The Balaban J connectivity index is 1.56. The van der Waals surface area contributed by atoms with Crippen LogP contribution in [0.3, 0.4) is 0 Å². The van der Waals surface area contributed by atoms with Gasteiger partial charge in [-0.25, -0.2) is 0 Å². The molecule has 0 N–H and O–H groups in total. The Kier molecular flexibility index (Phi) is 1.94. The van der Waals surface area contributed by atoms with E-state index < -0.39 is 0 Å². The van der Waals surface area contributed by atoms with Crippen molar-refractivity contribution in [1.29, 1.82) is 0 Å². The molecule has 9 atom stereocenters. The maximum absolute atomic E-state index is 2.53. The van der Waals surface area contributed by atoms with Crippen LogP contribution in [-0.2, 0) is 0 Å². The van der Waals surface area contributed by atoms with Crippen LogP contribution in [0.1, 0.15) is 33.1 Å². The SMILES string of the molecule is CBC1C(CC)C2C1C1C3C(C)CCC3C21. The first kappa shape index (κ1) is 10.0. The van der Waals surface area contributed by atoms with Crippen LogP contribution in [0.4, 0.5) is 0 Å². The summed E-state index contributed by atoms with van der Waals surface area (Å²) in [6.45, 7) is 7.40. The molecule has 0 amide bonds. The molecule has 0 bridgehead atoms. The van der Waals surface area contributed by atoms with E-state index in [9.17, 15) is 0 Å². The molecule has 4 rings (SSSR count). The van der Waals surface area contributed by atoms with Crippen molar-refractivity contribution in [2.75, 3.05) is 0 Å². The molecule has 4 aliphatic carbocycles. The van der Waals surface area contributed by atoms with Crippen molar-refractivity contribution in [3.8, 4) is 0 Å². The minimum atomic E-state index is 1.07. The fraction of sp³-hybridized carbons (Fsp3) is 1.00. The molecule has 4 aliphatic rings. The first-order chi connectivity index (χ1) is 7.79. The molecule has 1 heteroatoms. The lowest BCUT2D eigenvalue weighted by Gasteiger charge is -2.78. The van der Waals surface area contributed by atoms with Crippen molar-refractivity contribution in [2.24, 2.45) is 47.3 Å². The predicted octanol–water partition coefficient (Wildman–Crippen LogP) is 3.45. The second kappa shape index (κ2) is 3.09. The summed E-state index contributed by atoms with van der Waals surface area (Å²) in [7, 11) is 1.47. The van der Waals surface area contributed by atoms with E-state index in [2.05, 4.69) is 20.7 Å². The zero-order valence-electron chi connectivity index (χ0n) is 11.0. The van der Waals surface area contributed by atoms with Crippen molar-refractivity contribution in [1.82, 2.24) is 0 Å². The third-order valence-corrected chi connectivity index (χ3v) is 7.30. The highest BCUT2D eigenvalue weighted by Gasteiger charge is 2.75. The van der Waals surface area contributed by atoms with E-state index in [-0.39, 0.29) is 0 Å². The van der Waals surface area contributed by atoms with E-state index >= 15 is 0 Å². The third kappa shape index (κ3) is 0.853. The summed E-state index contributed by atoms with van der Waals surface area (Å²) < 4.78 is 0. The van der Waals surface area contributed by atoms with Gasteiger partial charge in [0.1, 0.15) is 7.28 Å². The summed E-state index contributed by atoms with van der Waals surface area (Å²) in [4.78, 5) is 0. The molecule has 0 aliphatic heterocycles. The summed E-state index contributed by atoms with van der Waals surface area (Å²) in [5.74, 6) is 10.5. The molecule has 0 spiro atoms. The van der Waals surface area contributed by atoms with Crippen molar-refractivity contribution >= 4 is 7.28 Å². The Morgan fingerprint density at radius 2 is 1.81 bits per heavy atom. The summed E-state index contributed by atoms with van der Waals surface area (Å²) in [6.07, 6.45) is 4.61. The normalized spacial score (nSPS) is 65.6. The minimum Gasteiger partial charge on any atom is -0.0891 e. The zero-order chi connectivity index (χ0) is 11.0. The molecular weight excluding hydrogens is 191 g/mol. The minimum absolute atomic E-state index is 1.07. The summed E-state index contributed by atoms with van der Waals surface area (Å²) in [5.41, 5.74) is 0. The van der Waals surface area contributed by atoms with Gasteiger partial charge >= 0.3 is 0 Å². The topological polar surface area (TPSA) is 0 Å². The number of hydrogen-bond acceptors (Lipinski definition) is 0. The maximum Gasteiger partial charge on any atom is 0.121 e. The molecule has 4 saturated carbocycles. The van der Waals surface area contributed by atoms with E-state index in [0.29, 0.717) is 0 Å². The van der Waals surface area contributed by atoms with Crippen molar-refractivity contribution < 1.29 is 0 Å². The van der Waals surface area contributed by atoms with Crippen molar-refractivity contribution in [2.45, 2.75) is 45.8 Å². The fourth-order valence-electron chi connectivity index (χ4n) is 6.91. The molecule has 0 heterocycles. The van der Waals surface area contributed by atoms with Crippen LogP contribution in [0, 0.1) is 47.3 Å². The summed E-state index contributed by atoms with van der Waals surface area (Å²) in [5, 5.41) is 0. The van der Waals surface area contributed by atoms with Gasteiger partial charge in [-0.1, -0.05) is 39.3 Å². The monoisotopic (exact) mass is 216 g/mol. The fourth-order valence-corrected chi connectivity index (χ4v) is 6.91. The van der Waals surface area contributed by atoms with Gasteiger partial charge in [0.15, 0.2) is 0 Å². The Morgan fingerprint density at radius 3 is 2.50 bits per heavy atom. The number of hydrogen-bond donors (Lipinski definition) is 0. The van der Waals surface area contributed by atoms with E-state index in [1.807, 2.05) is 0 Å². The lowest BCUT2D eigenvalue weighted by Crippen LogP contribution is -2.73. The Labute approximate surface area is 101 Å². The largest absolute Gasteiger partial charge is 0.121 e. The molecule has 0 saturated heterocycles. The van der Waals surface area contributed by atoms with Gasteiger partial charge in [-0.15, -0.1) is 0 Å². The van der Waals surface area contributed by atoms with Gasteiger partial charge in [-0.05, 0) is 53.8 Å². The highest BCUT2D eigenvalue weighted by molar-refractivity contribution is 6.36. The quantitative estimate of drug-likeness (QED) is 0.620. The van der Waals surface area contributed by atoms with Crippen LogP contribution < -0.4 is 0 Å². The van der Waals surface area contributed by atoms with Crippen LogP contribution in [-0.4, -0.2) is 7.28 Å². The van der Waals surface area contributed by atoms with Crippen LogP contribution in [0.2, 0.25) is 12.6 Å². The van der Waals surface area contributed by atoms with Crippen molar-refractivity contribution in [3.05, 3.63) is 0 Å². The molecular formula is C15H25B. The summed E-state index contributed by atoms with van der Waals surface area (Å²) in [6, 6.07) is 0. The van der Waals surface area contributed by atoms with Gasteiger partial charge in [-0.3, -0.25) is 0 Å². The second-order valence-corrected chi connectivity index (χ2v) is 7.25. The maximum atomic E-state index is 2.53. The zero-order valence-corrected chi connectivity index (χ0v) is 11.0. The van der Waals surface area contributed by atoms with Crippen LogP contribution in [0.5, 0.6) is 0 Å². The van der Waals surface area contributed by atoms with E-state index in [4.69, 9.17) is 0 Å². The lowest BCUT2D eigenvalue weighted by atomic mass is 9.22. The molecule has 9 unspecified atom stereocenters. The standard InChI is InChI=1S/C15H25B/c1-4-8-11-12-9-6-5-7(2)10(9)13(12)14(11)15(8)16-3/h7-16H,4-6H2,1-3H3. The summed E-state index contributed by atoms with van der Waals surface area (Å²) >= 11 is 0. The predicted molar refractivity (Wildman–Crippen MR) is 69.9 cm³/mol. The smallest absolute Gasteiger partial charge is 0.0891 e. The number of fused-ring (bicyclic) bond motifs is 7. The average Bonchev–Trinajstić information content (AvgIpc) is 2.56. The van der Waals surface area contributed by atoms with Crippen LogP contribution in [0.25, 0.3) is 0 Å². The van der Waals surface area contributed by atoms with Crippen LogP contribution in [0.15, 0.2) is 0 Å². The van der Waals surface area contributed by atoms with Crippen LogP contribution >= 0.6 is 0 Å². The molecule has 4 fully saturated rings.